The molecule has 1 aliphatic heterocycles. The predicted molar refractivity (Wildman–Crippen MR) is 62.0 cm³/mol. The Labute approximate surface area is 95.4 Å². The molecule has 0 amide bonds. The van der Waals surface area contributed by atoms with Crippen LogP contribution in [0.3, 0.4) is 0 Å². The summed E-state index contributed by atoms with van der Waals surface area (Å²) in [5.41, 5.74) is 1.25. The molecule has 1 aliphatic rings. The average molecular weight is 226 g/mol. The monoisotopic (exact) mass is 225 g/mol. The van der Waals surface area contributed by atoms with E-state index in [1.807, 2.05) is 12.1 Å². The Hall–Kier alpha value is -0.640. The van der Waals surface area contributed by atoms with Crippen LogP contribution in [-0.4, -0.2) is 36.1 Å². The highest BCUT2D eigenvalue weighted by Gasteiger charge is 2.08. The van der Waals surface area contributed by atoms with E-state index in [0.717, 1.165) is 32.7 Å². The van der Waals surface area contributed by atoms with Gasteiger partial charge in [-0.3, -0.25) is 4.90 Å². The van der Waals surface area contributed by atoms with Gasteiger partial charge in [0.15, 0.2) is 0 Å². The summed E-state index contributed by atoms with van der Waals surface area (Å²) in [4.78, 5) is 6.44. The highest BCUT2D eigenvalue weighted by molar-refractivity contribution is 6.29. The lowest BCUT2D eigenvalue weighted by Gasteiger charge is -2.19. The lowest BCUT2D eigenvalue weighted by atomic mass is 10.2. The van der Waals surface area contributed by atoms with Gasteiger partial charge in [0.1, 0.15) is 5.15 Å². The lowest BCUT2D eigenvalue weighted by Crippen LogP contribution is -2.27. The number of nitrogens with zero attached hydrogens (tertiary/aromatic N) is 2. The molecule has 0 aromatic carbocycles. The molecule has 4 heteroatoms. The van der Waals surface area contributed by atoms with Crippen LogP contribution < -0.4 is 5.32 Å². The van der Waals surface area contributed by atoms with Crippen molar-refractivity contribution >= 4 is 11.6 Å². The molecule has 2 rings (SSSR count). The second-order valence-corrected chi connectivity index (χ2v) is 4.25. The van der Waals surface area contributed by atoms with Crippen LogP contribution in [-0.2, 0) is 6.54 Å². The topological polar surface area (TPSA) is 28.2 Å². The molecular formula is C11H16ClN3. The maximum Gasteiger partial charge on any atom is 0.129 e. The zero-order chi connectivity index (χ0) is 10.5. The van der Waals surface area contributed by atoms with Crippen molar-refractivity contribution in [3.05, 3.63) is 29.0 Å². The standard InChI is InChI=1S/C11H16ClN3/c12-11-8-10(2-4-14-11)9-15-6-1-3-13-5-7-15/h2,4,8,13H,1,3,5-7,9H2. The third kappa shape index (κ3) is 3.45. The lowest BCUT2D eigenvalue weighted by molar-refractivity contribution is 0.284. The molecule has 0 atom stereocenters. The van der Waals surface area contributed by atoms with Gasteiger partial charge in [-0.05, 0) is 37.2 Å². The first kappa shape index (κ1) is 10.9. The van der Waals surface area contributed by atoms with E-state index >= 15 is 0 Å². The Morgan fingerprint density at radius 1 is 1.40 bits per heavy atom. The number of rotatable bonds is 2. The molecule has 3 nitrogen and oxygen atoms in total. The normalized spacial score (nSPS) is 18.7. The molecule has 0 spiro atoms. The SMILES string of the molecule is Clc1cc(CN2CCCNCC2)ccn1. The minimum absolute atomic E-state index is 0.584. The summed E-state index contributed by atoms with van der Waals surface area (Å²) in [6.45, 7) is 5.46. The second kappa shape index (κ2) is 5.45. The molecule has 0 saturated carbocycles. The maximum atomic E-state index is 5.85. The third-order valence-corrected chi connectivity index (χ3v) is 2.84. The fraction of sp³-hybridized carbons (Fsp3) is 0.545. The van der Waals surface area contributed by atoms with E-state index in [2.05, 4.69) is 15.2 Å². The Balaban J connectivity index is 1.95. The molecule has 1 aromatic rings. The molecule has 1 N–H and O–H groups in total. The summed E-state index contributed by atoms with van der Waals surface area (Å²) in [5, 5.41) is 3.98. The summed E-state index contributed by atoms with van der Waals surface area (Å²) >= 11 is 5.85. The van der Waals surface area contributed by atoms with Crippen LogP contribution >= 0.6 is 11.6 Å². The Kier molecular flexibility index (Phi) is 3.94. The van der Waals surface area contributed by atoms with Gasteiger partial charge in [0.05, 0.1) is 0 Å². The summed E-state index contributed by atoms with van der Waals surface area (Å²) in [6.07, 6.45) is 2.99. The van der Waals surface area contributed by atoms with Crippen molar-refractivity contribution < 1.29 is 0 Å². The van der Waals surface area contributed by atoms with Crippen LogP contribution in [0.4, 0.5) is 0 Å². The van der Waals surface area contributed by atoms with E-state index in [1.54, 1.807) is 6.20 Å². The van der Waals surface area contributed by atoms with Crippen LogP contribution in [0.1, 0.15) is 12.0 Å². The second-order valence-electron chi connectivity index (χ2n) is 3.87. The number of halogens is 1. The van der Waals surface area contributed by atoms with Crippen LogP contribution in [0.15, 0.2) is 18.3 Å². The van der Waals surface area contributed by atoms with E-state index < -0.39 is 0 Å². The van der Waals surface area contributed by atoms with Crippen molar-refractivity contribution in [2.75, 3.05) is 26.2 Å². The molecule has 0 bridgehead atoms. The maximum absolute atomic E-state index is 5.85. The molecule has 2 heterocycles. The van der Waals surface area contributed by atoms with Gasteiger partial charge in [-0.2, -0.15) is 0 Å². The third-order valence-electron chi connectivity index (χ3n) is 2.63. The van der Waals surface area contributed by atoms with Crippen LogP contribution in [0.25, 0.3) is 0 Å². The first-order valence-corrected chi connectivity index (χ1v) is 5.76. The van der Waals surface area contributed by atoms with E-state index in [-0.39, 0.29) is 0 Å². The summed E-state index contributed by atoms with van der Waals surface area (Å²) < 4.78 is 0. The fourth-order valence-corrected chi connectivity index (χ4v) is 2.06. The Morgan fingerprint density at radius 2 is 2.33 bits per heavy atom. The van der Waals surface area contributed by atoms with Crippen molar-refractivity contribution in [3.8, 4) is 0 Å². The smallest absolute Gasteiger partial charge is 0.129 e. The van der Waals surface area contributed by atoms with Crippen molar-refractivity contribution in [1.82, 2.24) is 15.2 Å². The number of hydrogen-bond donors (Lipinski definition) is 1. The van der Waals surface area contributed by atoms with Crippen molar-refractivity contribution in [1.29, 1.82) is 0 Å². The van der Waals surface area contributed by atoms with Crippen molar-refractivity contribution in [3.63, 3.8) is 0 Å². The number of aromatic nitrogens is 1. The minimum atomic E-state index is 0.584. The molecule has 1 aromatic heterocycles. The highest BCUT2D eigenvalue weighted by atomic mass is 35.5. The van der Waals surface area contributed by atoms with Crippen LogP contribution in [0.2, 0.25) is 5.15 Å². The van der Waals surface area contributed by atoms with Gasteiger partial charge in [0.2, 0.25) is 0 Å². The van der Waals surface area contributed by atoms with Gasteiger partial charge >= 0.3 is 0 Å². The van der Waals surface area contributed by atoms with Crippen molar-refractivity contribution in [2.45, 2.75) is 13.0 Å². The molecular weight excluding hydrogens is 210 g/mol. The van der Waals surface area contributed by atoms with Crippen LogP contribution in [0, 0.1) is 0 Å². The molecule has 0 aliphatic carbocycles. The van der Waals surface area contributed by atoms with E-state index in [1.165, 1.54) is 12.0 Å². The Morgan fingerprint density at radius 3 is 3.20 bits per heavy atom. The fourth-order valence-electron chi connectivity index (χ4n) is 1.86. The number of pyridine rings is 1. The molecule has 82 valence electrons. The average Bonchev–Trinajstić information content (AvgIpc) is 2.46. The largest absolute Gasteiger partial charge is 0.315 e. The summed E-state index contributed by atoms with van der Waals surface area (Å²) in [5.74, 6) is 0. The van der Waals surface area contributed by atoms with Gasteiger partial charge in [-0.25, -0.2) is 4.98 Å². The minimum Gasteiger partial charge on any atom is -0.315 e. The van der Waals surface area contributed by atoms with Gasteiger partial charge in [0, 0.05) is 25.8 Å². The van der Waals surface area contributed by atoms with E-state index in [4.69, 9.17) is 11.6 Å². The predicted octanol–water partition coefficient (Wildman–Crippen LogP) is 1.53. The Bertz CT molecular complexity index is 308. The molecule has 1 fully saturated rings. The van der Waals surface area contributed by atoms with Gasteiger partial charge in [0.25, 0.3) is 0 Å². The number of hydrogen-bond acceptors (Lipinski definition) is 3. The van der Waals surface area contributed by atoms with Gasteiger partial charge < -0.3 is 5.32 Å². The molecule has 0 radical (unpaired) electrons. The molecule has 1 saturated heterocycles. The zero-order valence-corrected chi connectivity index (χ0v) is 9.50. The molecule has 15 heavy (non-hydrogen) atoms. The first-order valence-electron chi connectivity index (χ1n) is 5.38. The first-order chi connectivity index (χ1) is 7.34. The van der Waals surface area contributed by atoms with Gasteiger partial charge in [-0.15, -0.1) is 0 Å². The number of nitrogens with one attached hydrogen (secondary N) is 1. The zero-order valence-electron chi connectivity index (χ0n) is 8.75. The van der Waals surface area contributed by atoms with Crippen molar-refractivity contribution in [2.24, 2.45) is 0 Å². The summed E-state index contributed by atoms with van der Waals surface area (Å²) in [7, 11) is 0. The van der Waals surface area contributed by atoms with Crippen LogP contribution in [0.5, 0.6) is 0 Å². The van der Waals surface area contributed by atoms with E-state index in [0.29, 0.717) is 5.15 Å². The van der Waals surface area contributed by atoms with Gasteiger partial charge in [-0.1, -0.05) is 11.6 Å². The molecule has 0 unspecified atom stereocenters. The van der Waals surface area contributed by atoms with E-state index in [9.17, 15) is 0 Å². The highest BCUT2D eigenvalue weighted by Crippen LogP contribution is 2.10. The summed E-state index contributed by atoms with van der Waals surface area (Å²) in [6, 6.07) is 3.98. The quantitative estimate of drug-likeness (QED) is 0.774.